The van der Waals surface area contributed by atoms with Gasteiger partial charge in [-0.25, -0.2) is 14.8 Å². The number of carbonyl (C=O) groups is 2. The Morgan fingerprint density at radius 3 is 2.82 bits per heavy atom. The van der Waals surface area contributed by atoms with E-state index in [-0.39, 0.29) is 5.71 Å². The quantitative estimate of drug-likeness (QED) is 0.591. The van der Waals surface area contributed by atoms with Gasteiger partial charge in [-0.3, -0.25) is 4.79 Å². The van der Waals surface area contributed by atoms with Crippen LogP contribution in [0.1, 0.15) is 6.92 Å². The van der Waals surface area contributed by atoms with Gasteiger partial charge in [-0.1, -0.05) is 0 Å². The molecule has 1 atom stereocenters. The van der Waals surface area contributed by atoms with Crippen molar-refractivity contribution in [3.05, 3.63) is 0 Å². The first kappa shape index (κ1) is 7.59. The van der Waals surface area contributed by atoms with Crippen molar-refractivity contribution in [1.29, 1.82) is 0 Å². The molecule has 1 unspecified atom stereocenters. The second-order valence-corrected chi connectivity index (χ2v) is 2.13. The molecule has 5 nitrogen and oxygen atoms in total. The summed E-state index contributed by atoms with van der Waals surface area (Å²) in [4.78, 5) is 27.5. The zero-order valence-corrected chi connectivity index (χ0v) is 5.81. The van der Waals surface area contributed by atoms with Crippen LogP contribution in [0.25, 0.3) is 0 Å². The number of carboxylic acids is 1. The second kappa shape index (κ2) is 2.61. The number of carbonyl (C=O) groups excluding carboxylic acids is 1. The zero-order valence-electron chi connectivity index (χ0n) is 5.81. The Hall–Kier alpha value is -1.52. The smallest absolute Gasteiger partial charge is 0.366 e. The number of carboxylic acid groups (broad SMARTS) is 1. The Morgan fingerprint density at radius 1 is 1.73 bits per heavy atom. The fourth-order valence-corrected chi connectivity index (χ4v) is 0.738. The molecule has 0 saturated carbocycles. The van der Waals surface area contributed by atoms with Crippen molar-refractivity contribution in [3.63, 3.8) is 0 Å². The van der Waals surface area contributed by atoms with E-state index in [0.717, 1.165) is 6.21 Å². The lowest BCUT2D eigenvalue weighted by atomic mass is 10.1. The van der Waals surface area contributed by atoms with Gasteiger partial charge >= 0.3 is 12.0 Å². The van der Waals surface area contributed by atoms with Crippen LogP contribution in [-0.2, 0) is 4.79 Å². The lowest BCUT2D eigenvalue weighted by molar-refractivity contribution is -0.137. The fraction of sp³-hybridized carbons (Fsp3) is 0.333. The van der Waals surface area contributed by atoms with Crippen LogP contribution in [0.5, 0.6) is 0 Å². The summed E-state index contributed by atoms with van der Waals surface area (Å²) >= 11 is 0. The van der Waals surface area contributed by atoms with Crippen molar-refractivity contribution in [2.24, 2.45) is 15.9 Å². The molecule has 1 N–H and O–H groups in total. The summed E-state index contributed by atoms with van der Waals surface area (Å²) in [5.41, 5.74) is 0.275. The van der Waals surface area contributed by atoms with Crippen molar-refractivity contribution in [3.8, 4) is 0 Å². The van der Waals surface area contributed by atoms with Crippen LogP contribution in [0.2, 0.25) is 0 Å². The lowest BCUT2D eigenvalue weighted by Crippen LogP contribution is -2.26. The highest BCUT2D eigenvalue weighted by Gasteiger charge is 2.22. The third-order valence-electron chi connectivity index (χ3n) is 1.32. The minimum Gasteiger partial charge on any atom is -0.480 e. The number of nitrogens with zero attached hydrogens (tertiary/aromatic N) is 2. The second-order valence-electron chi connectivity index (χ2n) is 2.13. The van der Waals surface area contributed by atoms with Gasteiger partial charge in [-0.15, -0.1) is 0 Å². The summed E-state index contributed by atoms with van der Waals surface area (Å²) in [5, 5.41) is 8.51. The van der Waals surface area contributed by atoms with Gasteiger partial charge in [0, 0.05) is 11.9 Å². The van der Waals surface area contributed by atoms with Gasteiger partial charge in [-0.05, 0) is 6.92 Å². The Balaban J connectivity index is 2.88. The molecule has 0 spiro atoms. The van der Waals surface area contributed by atoms with E-state index in [0.29, 0.717) is 0 Å². The van der Waals surface area contributed by atoms with Crippen LogP contribution in [-0.4, -0.2) is 29.0 Å². The first-order valence-corrected chi connectivity index (χ1v) is 2.97. The summed E-state index contributed by atoms with van der Waals surface area (Å²) in [6.07, 6.45) is 1.09. The van der Waals surface area contributed by atoms with Crippen molar-refractivity contribution in [2.45, 2.75) is 6.92 Å². The summed E-state index contributed by atoms with van der Waals surface area (Å²) in [6, 6.07) is -0.639. The van der Waals surface area contributed by atoms with Crippen LogP contribution in [0.15, 0.2) is 9.98 Å². The lowest BCUT2D eigenvalue weighted by Gasteiger charge is -2.07. The van der Waals surface area contributed by atoms with Gasteiger partial charge in [0.25, 0.3) is 0 Å². The molecule has 1 aliphatic heterocycles. The van der Waals surface area contributed by atoms with Crippen LogP contribution in [0.4, 0.5) is 4.79 Å². The largest absolute Gasteiger partial charge is 0.480 e. The topological polar surface area (TPSA) is 79.1 Å². The van der Waals surface area contributed by atoms with Crippen LogP contribution in [0, 0.1) is 5.92 Å². The summed E-state index contributed by atoms with van der Waals surface area (Å²) in [5.74, 6) is -1.88. The number of amides is 2. The molecule has 0 aromatic heterocycles. The van der Waals surface area contributed by atoms with Gasteiger partial charge in [-0.2, -0.15) is 0 Å². The zero-order chi connectivity index (χ0) is 8.43. The highest BCUT2D eigenvalue weighted by molar-refractivity contribution is 6.19. The predicted octanol–water partition coefficient (Wildman–Crippen LogP) is 0.352. The summed E-state index contributed by atoms with van der Waals surface area (Å²) < 4.78 is 0. The van der Waals surface area contributed by atoms with E-state index in [4.69, 9.17) is 5.11 Å². The van der Waals surface area contributed by atoms with Gasteiger partial charge in [0.15, 0.2) is 0 Å². The Morgan fingerprint density at radius 2 is 2.36 bits per heavy atom. The van der Waals surface area contributed by atoms with Crippen molar-refractivity contribution in [1.82, 2.24) is 0 Å². The first-order chi connectivity index (χ1) is 5.11. The van der Waals surface area contributed by atoms with E-state index < -0.39 is 17.9 Å². The van der Waals surface area contributed by atoms with Gasteiger partial charge < -0.3 is 5.11 Å². The van der Waals surface area contributed by atoms with E-state index in [2.05, 4.69) is 9.98 Å². The number of urea groups is 1. The molecule has 0 saturated heterocycles. The molecule has 0 fully saturated rings. The number of hydrogen-bond acceptors (Lipinski definition) is 2. The SMILES string of the molecule is CC1=NC(=O)N=CC1C(=O)O. The van der Waals surface area contributed by atoms with E-state index in [9.17, 15) is 9.59 Å². The monoisotopic (exact) mass is 154 g/mol. The summed E-state index contributed by atoms with van der Waals surface area (Å²) in [7, 11) is 0. The molecule has 2 amide bonds. The molecule has 11 heavy (non-hydrogen) atoms. The Bertz CT molecular complexity index is 267. The highest BCUT2D eigenvalue weighted by atomic mass is 16.4. The van der Waals surface area contributed by atoms with Crippen LogP contribution >= 0.6 is 0 Å². The molecular formula is C6H6N2O3. The molecule has 0 aromatic rings. The molecule has 58 valence electrons. The number of aliphatic imine (C=N–C) groups is 2. The van der Waals surface area contributed by atoms with E-state index in [1.165, 1.54) is 6.92 Å². The van der Waals surface area contributed by atoms with Crippen LogP contribution in [0.3, 0.4) is 0 Å². The third-order valence-corrected chi connectivity index (χ3v) is 1.32. The minimum absolute atomic E-state index is 0.275. The van der Waals surface area contributed by atoms with Crippen molar-refractivity contribution in [2.75, 3.05) is 0 Å². The molecule has 5 heteroatoms. The van der Waals surface area contributed by atoms with Crippen molar-refractivity contribution >= 4 is 23.9 Å². The molecule has 0 bridgehead atoms. The standard InChI is InChI=1S/C6H6N2O3/c1-3-4(5(9)10)2-7-6(11)8-3/h2,4H,1H3,(H,9,10). The maximum atomic E-state index is 10.5. The molecule has 1 aliphatic rings. The molecule has 0 aliphatic carbocycles. The minimum atomic E-state index is -1.04. The van der Waals surface area contributed by atoms with E-state index in [1.54, 1.807) is 0 Å². The average Bonchev–Trinajstić information content (AvgIpc) is 1.85. The van der Waals surface area contributed by atoms with E-state index in [1.807, 2.05) is 0 Å². The van der Waals surface area contributed by atoms with Gasteiger partial charge in [0.2, 0.25) is 0 Å². The molecule has 0 radical (unpaired) electrons. The van der Waals surface area contributed by atoms with Gasteiger partial charge in [0.1, 0.15) is 5.92 Å². The predicted molar refractivity (Wildman–Crippen MR) is 38.1 cm³/mol. The summed E-state index contributed by atoms with van der Waals surface area (Å²) in [6.45, 7) is 1.49. The molecule has 0 aromatic carbocycles. The fourth-order valence-electron chi connectivity index (χ4n) is 0.738. The molecule has 1 heterocycles. The number of hydrogen-bond donors (Lipinski definition) is 1. The number of rotatable bonds is 1. The third kappa shape index (κ3) is 1.49. The van der Waals surface area contributed by atoms with Crippen molar-refractivity contribution < 1.29 is 14.7 Å². The normalized spacial score (nSPS) is 23.2. The highest BCUT2D eigenvalue weighted by Crippen LogP contribution is 2.04. The Kier molecular flexibility index (Phi) is 1.80. The maximum Gasteiger partial charge on any atom is 0.366 e. The van der Waals surface area contributed by atoms with Crippen LogP contribution < -0.4 is 0 Å². The molecule has 1 rings (SSSR count). The number of aliphatic carboxylic acids is 1. The Labute approximate surface area is 62.5 Å². The average molecular weight is 154 g/mol. The molecular weight excluding hydrogens is 148 g/mol. The maximum absolute atomic E-state index is 10.5. The van der Waals surface area contributed by atoms with E-state index >= 15 is 0 Å². The first-order valence-electron chi connectivity index (χ1n) is 2.97. The van der Waals surface area contributed by atoms with Gasteiger partial charge in [0.05, 0.1) is 0 Å².